The molecule has 0 bridgehead atoms. The topological polar surface area (TPSA) is 239 Å². The second kappa shape index (κ2) is 18.4. The molecule has 0 aromatic rings. The van der Waals surface area contributed by atoms with Crippen LogP contribution in [0.2, 0.25) is 0 Å². The molecule has 0 aromatic heterocycles. The summed E-state index contributed by atoms with van der Waals surface area (Å²) in [5.41, 5.74) is 0. The van der Waals surface area contributed by atoms with Crippen molar-refractivity contribution in [3.05, 3.63) is 0 Å². The minimum Gasteiger partial charge on any atom is -0.747 e. The minimum atomic E-state index is -4.39. The van der Waals surface area contributed by atoms with Gasteiger partial charge in [0.05, 0.1) is 16.1 Å². The van der Waals surface area contributed by atoms with E-state index >= 15 is 0 Å². The zero-order chi connectivity index (χ0) is 28.3. The molecule has 16 nitrogen and oxygen atoms in total. The van der Waals surface area contributed by atoms with E-state index in [1.165, 1.54) is 47.3 Å². The fourth-order valence-electron chi connectivity index (χ4n) is 3.67. The van der Waals surface area contributed by atoms with Gasteiger partial charge in [-0.3, -0.25) is 24.2 Å². The molecular weight excluding hydrogens is 637 g/mol. The molecule has 2 heterocycles. The van der Waals surface area contributed by atoms with E-state index in [-0.39, 0.29) is 141 Å². The van der Waals surface area contributed by atoms with Gasteiger partial charge in [-0.25, -0.2) is 25.3 Å². The second-order valence-electron chi connectivity index (χ2n) is 8.53. The Balaban J connectivity index is -0.000000617. The average Bonchev–Trinajstić information content (AvgIpc) is 2.75. The van der Waals surface area contributed by atoms with Crippen molar-refractivity contribution in [3.63, 3.8) is 0 Å². The van der Waals surface area contributed by atoms with Crippen LogP contribution in [0.3, 0.4) is 0 Å². The van der Waals surface area contributed by atoms with Crippen LogP contribution in [-0.4, -0.2) is 145 Å². The maximum atomic E-state index is 11.0. The minimum absolute atomic E-state index is 0. The van der Waals surface area contributed by atoms with E-state index in [9.17, 15) is 47.3 Å². The molecule has 0 aromatic carbocycles. The predicted octanol–water partition coefficient (Wildman–Crippen LogP) is -11.9. The van der Waals surface area contributed by atoms with Crippen LogP contribution in [-0.2, 0) is 40.5 Å². The first-order valence-electron chi connectivity index (χ1n) is 10.8. The van der Waals surface area contributed by atoms with Crippen molar-refractivity contribution >= 4 is 40.5 Å². The molecule has 216 valence electrons. The van der Waals surface area contributed by atoms with Gasteiger partial charge in [-0.2, -0.15) is 8.42 Å². The molecule has 23 heteroatoms. The first-order valence-corrected chi connectivity index (χ1v) is 16.7. The van der Waals surface area contributed by atoms with E-state index in [4.69, 9.17) is 4.55 Å². The Kier molecular flexibility index (Phi) is 21.7. The molecule has 0 amide bonds. The Morgan fingerprint density at radius 1 is 0.462 bits per heavy atom. The van der Waals surface area contributed by atoms with E-state index in [0.717, 1.165) is 0 Å². The summed E-state index contributed by atoms with van der Waals surface area (Å²) in [6.45, 7) is 7.31. The summed E-state index contributed by atoms with van der Waals surface area (Å²) in [7, 11) is -17.3. The quantitative estimate of drug-likeness (QED) is 0.186. The van der Waals surface area contributed by atoms with Gasteiger partial charge in [0.2, 0.25) is 0 Å². The number of rotatable bonds is 8. The average molecular weight is 671 g/mol. The summed E-state index contributed by atoms with van der Waals surface area (Å²) in [5, 5.41) is -4.43. The van der Waals surface area contributed by atoms with Crippen LogP contribution in [0, 0.1) is 0 Å². The van der Waals surface area contributed by atoms with Crippen molar-refractivity contribution < 1.29 is 141 Å². The Labute approximate surface area is 298 Å². The maximum Gasteiger partial charge on any atom is 1.00 e. The third-order valence-corrected chi connectivity index (χ3v) is 11.0. The molecule has 0 saturated carbocycles. The van der Waals surface area contributed by atoms with Crippen LogP contribution < -0.4 is 88.7 Å². The standard InChI is InChI=1S/2C8H18N2O6S2.3Na/c2*1-7(17(11,12)13)9-3-5-10(6-4-9)8(2)18(14,15)16;;;/h2*7-8H,3-6H2,1-2H3,(H,11,12,13)(H,14,15,16);;;/q;;3*+1/p-3. The van der Waals surface area contributed by atoms with Crippen LogP contribution in [0.4, 0.5) is 0 Å². The van der Waals surface area contributed by atoms with Crippen molar-refractivity contribution in [2.75, 3.05) is 52.4 Å². The Morgan fingerprint density at radius 2 is 0.615 bits per heavy atom. The Morgan fingerprint density at radius 3 is 0.744 bits per heavy atom. The van der Waals surface area contributed by atoms with Gasteiger partial charge in [0.1, 0.15) is 35.7 Å². The smallest absolute Gasteiger partial charge is 0.747 e. The van der Waals surface area contributed by atoms with Gasteiger partial charge in [0.15, 0.2) is 0 Å². The van der Waals surface area contributed by atoms with Crippen molar-refractivity contribution in [1.29, 1.82) is 0 Å². The van der Waals surface area contributed by atoms with E-state index < -0.39 is 62.0 Å². The molecule has 2 rings (SSSR count). The Bertz CT molecular complexity index is 975. The van der Waals surface area contributed by atoms with Crippen LogP contribution in [0.15, 0.2) is 0 Å². The summed E-state index contributed by atoms with van der Waals surface area (Å²) in [5.74, 6) is 0. The molecular formula is C16H33N4Na3O12S4. The van der Waals surface area contributed by atoms with Gasteiger partial charge in [-0.05, 0) is 27.7 Å². The summed E-state index contributed by atoms with van der Waals surface area (Å²) in [4.78, 5) is 5.93. The molecule has 0 spiro atoms. The molecule has 4 atom stereocenters. The zero-order valence-electron chi connectivity index (χ0n) is 23.3. The number of piperazine rings is 2. The van der Waals surface area contributed by atoms with E-state index in [1.54, 1.807) is 0 Å². The molecule has 0 radical (unpaired) electrons. The predicted molar refractivity (Wildman–Crippen MR) is 125 cm³/mol. The number of nitrogens with zero attached hydrogens (tertiary/aromatic N) is 4. The third kappa shape index (κ3) is 15.4. The molecule has 0 aliphatic carbocycles. The molecule has 39 heavy (non-hydrogen) atoms. The number of hydrogen-bond acceptors (Lipinski definition) is 15. The molecule has 2 saturated heterocycles. The number of hydrogen-bond donors (Lipinski definition) is 1. The monoisotopic (exact) mass is 670 g/mol. The third-order valence-electron chi connectivity index (χ3n) is 6.44. The van der Waals surface area contributed by atoms with Crippen molar-refractivity contribution in [3.8, 4) is 0 Å². The van der Waals surface area contributed by atoms with Gasteiger partial charge < -0.3 is 13.7 Å². The van der Waals surface area contributed by atoms with Gasteiger partial charge in [-0.1, -0.05) is 0 Å². The maximum absolute atomic E-state index is 11.0. The van der Waals surface area contributed by atoms with E-state index in [0.29, 0.717) is 0 Å². The van der Waals surface area contributed by atoms with Crippen molar-refractivity contribution in [1.82, 2.24) is 19.6 Å². The summed E-state index contributed by atoms with van der Waals surface area (Å²) >= 11 is 0. The molecule has 2 fully saturated rings. The van der Waals surface area contributed by atoms with Gasteiger partial charge in [0.25, 0.3) is 10.1 Å². The molecule has 4 unspecified atom stereocenters. The van der Waals surface area contributed by atoms with Crippen LogP contribution >= 0.6 is 0 Å². The first kappa shape index (κ1) is 45.9. The van der Waals surface area contributed by atoms with Crippen LogP contribution in [0.1, 0.15) is 27.7 Å². The van der Waals surface area contributed by atoms with Crippen molar-refractivity contribution in [2.45, 2.75) is 49.2 Å². The fourth-order valence-corrected chi connectivity index (χ4v) is 5.98. The van der Waals surface area contributed by atoms with Crippen LogP contribution in [0.25, 0.3) is 0 Å². The van der Waals surface area contributed by atoms with Crippen molar-refractivity contribution in [2.24, 2.45) is 0 Å². The second-order valence-corrected chi connectivity index (χ2v) is 15.3. The summed E-state index contributed by atoms with van der Waals surface area (Å²) in [6.07, 6.45) is 0. The molecule has 1 N–H and O–H groups in total. The normalized spacial score (nSPS) is 21.9. The SMILES string of the molecule is CC(N1CCN(C(C)S(=O)(=O)O)CC1)S(=O)(=O)[O-].CC(N1CCN(C(C)S(=O)(=O)[O-])CC1)S(=O)(=O)[O-].[Na+].[Na+].[Na+]. The van der Waals surface area contributed by atoms with E-state index in [1.807, 2.05) is 0 Å². The fraction of sp³-hybridized carbons (Fsp3) is 1.00. The first-order chi connectivity index (χ1) is 16.1. The van der Waals surface area contributed by atoms with Gasteiger partial charge >= 0.3 is 88.7 Å². The summed E-state index contributed by atoms with van der Waals surface area (Å²) < 4.78 is 128. The Hall–Kier alpha value is 2.48. The largest absolute Gasteiger partial charge is 1.00 e. The molecule has 2 aliphatic rings. The van der Waals surface area contributed by atoms with E-state index in [2.05, 4.69) is 0 Å². The zero-order valence-corrected chi connectivity index (χ0v) is 32.6. The molecule has 2 aliphatic heterocycles. The summed E-state index contributed by atoms with van der Waals surface area (Å²) in [6, 6.07) is 0. The van der Waals surface area contributed by atoms with Gasteiger partial charge in [-0.15, -0.1) is 0 Å². The van der Waals surface area contributed by atoms with Crippen LogP contribution in [0.5, 0.6) is 0 Å². The van der Waals surface area contributed by atoms with Gasteiger partial charge in [0, 0.05) is 52.4 Å².